The summed E-state index contributed by atoms with van der Waals surface area (Å²) in [6, 6.07) is 13.5. The fraction of sp³-hybridized carbons (Fsp3) is 0.143. The van der Waals surface area contributed by atoms with Gasteiger partial charge in [-0.15, -0.1) is 0 Å². The molecule has 0 aliphatic carbocycles. The van der Waals surface area contributed by atoms with Gasteiger partial charge in [-0.05, 0) is 17.7 Å². The van der Waals surface area contributed by atoms with Gasteiger partial charge in [0.1, 0.15) is 11.6 Å². The lowest BCUT2D eigenvalue weighted by Crippen LogP contribution is -2.13. The van der Waals surface area contributed by atoms with Crippen LogP contribution in [0, 0.1) is 0 Å². The first-order valence-electron chi connectivity index (χ1n) is 6.13. The van der Waals surface area contributed by atoms with Crippen LogP contribution in [0.15, 0.2) is 42.5 Å². The van der Waals surface area contributed by atoms with E-state index in [-0.39, 0.29) is 6.04 Å². The first-order valence-corrected chi connectivity index (χ1v) is 6.13. The minimum Gasteiger partial charge on any atom is -0.373 e. The second-order valence-electron chi connectivity index (χ2n) is 4.33. The normalized spacial score (nSPS) is 12.5. The Hall–Kier alpha value is -2.40. The Morgan fingerprint density at radius 2 is 1.89 bits per heavy atom. The maximum atomic E-state index is 6.21. The zero-order valence-corrected chi connectivity index (χ0v) is 10.6. The van der Waals surface area contributed by atoms with Crippen molar-refractivity contribution in [2.24, 2.45) is 5.73 Å². The number of fused-ring (bicyclic) bond motifs is 1. The van der Waals surface area contributed by atoms with Crippen LogP contribution in [-0.4, -0.2) is 22.0 Å². The van der Waals surface area contributed by atoms with Gasteiger partial charge < -0.3 is 16.0 Å². The lowest BCUT2D eigenvalue weighted by atomic mass is 10.1. The number of nitrogens with zero attached hydrogens (tertiary/aromatic N) is 2. The van der Waals surface area contributed by atoms with E-state index >= 15 is 0 Å². The van der Waals surface area contributed by atoms with Crippen molar-refractivity contribution in [2.75, 3.05) is 12.4 Å². The van der Waals surface area contributed by atoms with Gasteiger partial charge in [0.15, 0.2) is 5.65 Å². The maximum Gasteiger partial charge on any atom is 0.179 e. The third kappa shape index (κ3) is 2.15. The van der Waals surface area contributed by atoms with Gasteiger partial charge in [-0.1, -0.05) is 30.3 Å². The second-order valence-corrected chi connectivity index (χ2v) is 4.33. The molecule has 1 atom stereocenters. The highest BCUT2D eigenvalue weighted by Crippen LogP contribution is 2.20. The summed E-state index contributed by atoms with van der Waals surface area (Å²) in [6.45, 7) is 0. The van der Waals surface area contributed by atoms with Gasteiger partial charge in [0, 0.05) is 7.05 Å². The zero-order valence-electron chi connectivity index (χ0n) is 10.6. The molecule has 0 amide bonds. The molecule has 5 nitrogen and oxygen atoms in total. The van der Waals surface area contributed by atoms with Crippen LogP contribution in [0.25, 0.3) is 11.2 Å². The summed E-state index contributed by atoms with van der Waals surface area (Å²) in [5, 5.41) is 2.99. The van der Waals surface area contributed by atoms with Gasteiger partial charge in [-0.3, -0.25) is 0 Å². The highest BCUT2D eigenvalue weighted by atomic mass is 15.1. The van der Waals surface area contributed by atoms with Crippen molar-refractivity contribution in [3.05, 3.63) is 53.9 Å². The smallest absolute Gasteiger partial charge is 0.179 e. The average molecular weight is 253 g/mol. The molecule has 0 aliphatic rings. The first kappa shape index (κ1) is 11.7. The summed E-state index contributed by atoms with van der Waals surface area (Å²) < 4.78 is 0. The Morgan fingerprint density at radius 1 is 1.11 bits per heavy atom. The van der Waals surface area contributed by atoms with Crippen LogP contribution in [0.3, 0.4) is 0 Å². The topological polar surface area (TPSA) is 79.6 Å². The number of imidazole rings is 1. The van der Waals surface area contributed by atoms with E-state index in [0.29, 0.717) is 5.65 Å². The molecule has 1 aromatic carbocycles. The van der Waals surface area contributed by atoms with Gasteiger partial charge in [-0.25, -0.2) is 9.97 Å². The molecule has 96 valence electrons. The van der Waals surface area contributed by atoms with E-state index in [1.807, 2.05) is 49.5 Å². The molecule has 5 heteroatoms. The summed E-state index contributed by atoms with van der Waals surface area (Å²) in [5.74, 6) is 1.51. The van der Waals surface area contributed by atoms with Crippen molar-refractivity contribution in [3.8, 4) is 0 Å². The Morgan fingerprint density at radius 3 is 2.63 bits per heavy atom. The summed E-state index contributed by atoms with van der Waals surface area (Å²) in [4.78, 5) is 12.1. The highest BCUT2D eigenvalue weighted by molar-refractivity contribution is 5.73. The van der Waals surface area contributed by atoms with E-state index in [0.717, 1.165) is 22.7 Å². The van der Waals surface area contributed by atoms with Gasteiger partial charge in [0.25, 0.3) is 0 Å². The predicted molar refractivity (Wildman–Crippen MR) is 75.9 cm³/mol. The molecular formula is C14H15N5. The standard InChI is InChI=1S/C14H15N5/c1-16-11-8-7-10-13(18-11)19-14(17-10)12(15)9-5-3-2-4-6-9/h2-8,12H,15H2,1H3,(H2,16,17,18,19). The molecule has 0 fully saturated rings. The summed E-state index contributed by atoms with van der Waals surface area (Å²) in [5.41, 5.74) is 8.80. The number of anilines is 1. The number of benzene rings is 1. The zero-order chi connectivity index (χ0) is 13.2. The summed E-state index contributed by atoms with van der Waals surface area (Å²) in [6.07, 6.45) is 0. The van der Waals surface area contributed by atoms with Crippen molar-refractivity contribution in [3.63, 3.8) is 0 Å². The Labute approximate surface area is 110 Å². The molecule has 0 bridgehead atoms. The molecule has 0 saturated carbocycles. The average Bonchev–Trinajstić information content (AvgIpc) is 2.90. The quantitative estimate of drug-likeness (QED) is 0.667. The molecule has 4 N–H and O–H groups in total. The van der Waals surface area contributed by atoms with Gasteiger partial charge in [0.05, 0.1) is 11.6 Å². The third-order valence-corrected chi connectivity index (χ3v) is 3.07. The second kappa shape index (κ2) is 4.70. The fourth-order valence-corrected chi connectivity index (χ4v) is 2.02. The molecule has 2 aromatic heterocycles. The van der Waals surface area contributed by atoms with Gasteiger partial charge in [-0.2, -0.15) is 0 Å². The first-order chi connectivity index (χ1) is 9.28. The van der Waals surface area contributed by atoms with E-state index < -0.39 is 0 Å². The third-order valence-electron chi connectivity index (χ3n) is 3.07. The number of nitrogens with one attached hydrogen (secondary N) is 2. The predicted octanol–water partition coefficient (Wildman–Crippen LogP) is 2.05. The number of hydrogen-bond donors (Lipinski definition) is 3. The van der Waals surface area contributed by atoms with E-state index in [4.69, 9.17) is 5.73 Å². The molecule has 0 saturated heterocycles. The monoisotopic (exact) mass is 253 g/mol. The molecule has 0 spiro atoms. The largest absolute Gasteiger partial charge is 0.373 e. The van der Waals surface area contributed by atoms with Crippen LogP contribution in [-0.2, 0) is 0 Å². The van der Waals surface area contributed by atoms with Crippen LogP contribution in [0.5, 0.6) is 0 Å². The molecule has 2 heterocycles. The van der Waals surface area contributed by atoms with Crippen LogP contribution >= 0.6 is 0 Å². The van der Waals surface area contributed by atoms with E-state index in [2.05, 4.69) is 20.3 Å². The fourth-order valence-electron chi connectivity index (χ4n) is 2.02. The van der Waals surface area contributed by atoms with E-state index in [1.165, 1.54) is 0 Å². The number of pyridine rings is 1. The van der Waals surface area contributed by atoms with Crippen molar-refractivity contribution >= 4 is 17.0 Å². The number of aromatic amines is 1. The Kier molecular flexibility index (Phi) is 2.89. The summed E-state index contributed by atoms with van der Waals surface area (Å²) in [7, 11) is 1.83. The minimum absolute atomic E-state index is 0.270. The molecule has 0 radical (unpaired) electrons. The number of rotatable bonds is 3. The SMILES string of the molecule is CNc1ccc2[nH]c(C(N)c3ccccc3)nc2n1. The summed E-state index contributed by atoms with van der Waals surface area (Å²) >= 11 is 0. The van der Waals surface area contributed by atoms with Crippen molar-refractivity contribution in [1.29, 1.82) is 0 Å². The Balaban J connectivity index is 2.01. The van der Waals surface area contributed by atoms with Crippen molar-refractivity contribution < 1.29 is 0 Å². The molecule has 19 heavy (non-hydrogen) atoms. The highest BCUT2D eigenvalue weighted by Gasteiger charge is 2.13. The molecule has 0 aliphatic heterocycles. The van der Waals surface area contributed by atoms with Crippen molar-refractivity contribution in [2.45, 2.75) is 6.04 Å². The van der Waals surface area contributed by atoms with Gasteiger partial charge >= 0.3 is 0 Å². The van der Waals surface area contributed by atoms with Crippen LogP contribution in [0.2, 0.25) is 0 Å². The number of aromatic nitrogens is 3. The lowest BCUT2D eigenvalue weighted by molar-refractivity contribution is 0.805. The Bertz CT molecular complexity index is 689. The molecular weight excluding hydrogens is 238 g/mol. The number of hydrogen-bond acceptors (Lipinski definition) is 4. The van der Waals surface area contributed by atoms with Crippen molar-refractivity contribution in [1.82, 2.24) is 15.0 Å². The van der Waals surface area contributed by atoms with Crippen LogP contribution < -0.4 is 11.1 Å². The lowest BCUT2D eigenvalue weighted by Gasteiger charge is -2.07. The minimum atomic E-state index is -0.270. The molecule has 3 aromatic rings. The van der Waals surface area contributed by atoms with E-state index in [9.17, 15) is 0 Å². The number of H-pyrrole nitrogens is 1. The van der Waals surface area contributed by atoms with E-state index in [1.54, 1.807) is 0 Å². The van der Waals surface area contributed by atoms with Crippen LogP contribution in [0.4, 0.5) is 5.82 Å². The maximum absolute atomic E-state index is 6.21. The number of nitrogens with two attached hydrogens (primary N) is 1. The molecule has 3 rings (SSSR count). The molecule has 1 unspecified atom stereocenters. The van der Waals surface area contributed by atoms with Crippen LogP contribution in [0.1, 0.15) is 17.4 Å². The van der Waals surface area contributed by atoms with Gasteiger partial charge in [0.2, 0.25) is 0 Å².